The van der Waals surface area contributed by atoms with Gasteiger partial charge in [0.25, 0.3) is 0 Å². The highest BCUT2D eigenvalue weighted by molar-refractivity contribution is 5.98. The normalized spacial score (nSPS) is 25.7. The van der Waals surface area contributed by atoms with Gasteiger partial charge in [0, 0.05) is 43.0 Å². The summed E-state index contributed by atoms with van der Waals surface area (Å²) in [5.41, 5.74) is 3.31. The van der Waals surface area contributed by atoms with E-state index in [0.717, 1.165) is 29.5 Å². The Morgan fingerprint density at radius 3 is 2.78 bits per heavy atom. The average Bonchev–Trinajstić information content (AvgIpc) is 2.68. The molecule has 0 aliphatic carbocycles. The first kappa shape index (κ1) is 18.6. The maximum atomic E-state index is 7.69. The van der Waals surface area contributed by atoms with Gasteiger partial charge in [-0.1, -0.05) is 25.1 Å². The molecule has 27 heavy (non-hydrogen) atoms. The van der Waals surface area contributed by atoms with Crippen molar-refractivity contribution in [3.63, 3.8) is 0 Å². The van der Waals surface area contributed by atoms with E-state index in [0.29, 0.717) is 5.92 Å². The van der Waals surface area contributed by atoms with Crippen LogP contribution < -0.4 is 0 Å². The SMILES string of the molecule is CC1CC(c2ccc(C=N)c3ncccc23)CN(CC2CCN(C)CC2)C1. The first-order chi connectivity index (χ1) is 13.1. The van der Waals surface area contributed by atoms with E-state index in [9.17, 15) is 0 Å². The highest BCUT2D eigenvalue weighted by Gasteiger charge is 2.29. The molecule has 2 aliphatic heterocycles. The van der Waals surface area contributed by atoms with Gasteiger partial charge >= 0.3 is 0 Å². The summed E-state index contributed by atoms with van der Waals surface area (Å²) in [6, 6.07) is 8.55. The van der Waals surface area contributed by atoms with Gasteiger partial charge in [0.05, 0.1) is 5.52 Å². The minimum atomic E-state index is 0.562. The molecule has 2 aliphatic rings. The molecular formula is C23H32N4. The first-order valence-corrected chi connectivity index (χ1v) is 10.4. The monoisotopic (exact) mass is 364 g/mol. The van der Waals surface area contributed by atoms with Crippen LogP contribution in [-0.4, -0.2) is 60.8 Å². The number of benzene rings is 1. The van der Waals surface area contributed by atoms with Crippen molar-refractivity contribution in [2.45, 2.75) is 32.1 Å². The number of nitrogens with zero attached hydrogens (tertiary/aromatic N) is 3. The highest BCUT2D eigenvalue weighted by Crippen LogP contribution is 2.35. The van der Waals surface area contributed by atoms with Crippen molar-refractivity contribution < 1.29 is 0 Å². The lowest BCUT2D eigenvalue weighted by Gasteiger charge is -2.40. The molecule has 0 saturated carbocycles. The summed E-state index contributed by atoms with van der Waals surface area (Å²) in [7, 11) is 2.24. The third kappa shape index (κ3) is 4.07. The van der Waals surface area contributed by atoms with Crippen LogP contribution in [0.5, 0.6) is 0 Å². The van der Waals surface area contributed by atoms with Gasteiger partial charge in [0.2, 0.25) is 0 Å². The second-order valence-electron chi connectivity index (χ2n) is 8.79. The first-order valence-electron chi connectivity index (χ1n) is 10.4. The van der Waals surface area contributed by atoms with Crippen LogP contribution in [0.2, 0.25) is 0 Å². The Bertz CT molecular complexity index is 794. The Balaban J connectivity index is 1.55. The van der Waals surface area contributed by atoms with Gasteiger partial charge in [-0.25, -0.2) is 0 Å². The number of pyridine rings is 1. The van der Waals surface area contributed by atoms with E-state index in [-0.39, 0.29) is 0 Å². The van der Waals surface area contributed by atoms with Crippen LogP contribution in [-0.2, 0) is 0 Å². The molecule has 1 N–H and O–H groups in total. The molecule has 2 unspecified atom stereocenters. The average molecular weight is 365 g/mol. The molecule has 4 heteroatoms. The number of hydrogen-bond donors (Lipinski definition) is 1. The Hall–Kier alpha value is -1.78. The topological polar surface area (TPSA) is 43.2 Å². The van der Waals surface area contributed by atoms with Crippen LogP contribution in [0, 0.1) is 17.2 Å². The fourth-order valence-electron chi connectivity index (χ4n) is 5.13. The second-order valence-corrected chi connectivity index (χ2v) is 8.79. The van der Waals surface area contributed by atoms with Crippen molar-refractivity contribution >= 4 is 17.1 Å². The second kappa shape index (κ2) is 8.07. The Kier molecular flexibility index (Phi) is 5.55. The highest BCUT2D eigenvalue weighted by atomic mass is 15.1. The molecule has 3 heterocycles. The fraction of sp³-hybridized carbons (Fsp3) is 0.565. The summed E-state index contributed by atoms with van der Waals surface area (Å²) in [4.78, 5) is 9.76. The summed E-state index contributed by atoms with van der Waals surface area (Å²) in [5, 5.41) is 8.92. The molecule has 2 fully saturated rings. The van der Waals surface area contributed by atoms with E-state index in [2.05, 4.69) is 47.0 Å². The van der Waals surface area contributed by atoms with Crippen LogP contribution in [0.15, 0.2) is 30.5 Å². The molecule has 0 radical (unpaired) electrons. The van der Waals surface area contributed by atoms with Crippen LogP contribution in [0.25, 0.3) is 10.9 Å². The standard InChI is InChI=1S/C23H32N4/c1-17-12-20(16-27(14-17)15-18-7-10-26(2)11-8-18)21-6-5-19(13-24)23-22(21)4-3-9-25-23/h3-6,9,13,17-18,20,24H,7-8,10-12,14-16H2,1-2H3. The van der Waals surface area contributed by atoms with E-state index in [1.165, 1.54) is 62.6 Å². The van der Waals surface area contributed by atoms with Crippen LogP contribution in [0.1, 0.15) is 43.2 Å². The molecule has 4 rings (SSSR count). The van der Waals surface area contributed by atoms with E-state index in [1.807, 2.05) is 12.3 Å². The summed E-state index contributed by atoms with van der Waals surface area (Å²) in [6.45, 7) is 8.55. The van der Waals surface area contributed by atoms with Gasteiger partial charge in [0.1, 0.15) is 0 Å². The summed E-state index contributed by atoms with van der Waals surface area (Å²) in [6.07, 6.45) is 7.20. The molecule has 1 aromatic heterocycles. The zero-order valence-corrected chi connectivity index (χ0v) is 16.7. The lowest BCUT2D eigenvalue weighted by Crippen LogP contribution is -2.43. The van der Waals surface area contributed by atoms with Gasteiger partial charge in [-0.3, -0.25) is 4.98 Å². The summed E-state index contributed by atoms with van der Waals surface area (Å²) < 4.78 is 0. The number of nitrogens with one attached hydrogen (secondary N) is 1. The van der Waals surface area contributed by atoms with Gasteiger partial charge in [-0.15, -0.1) is 0 Å². The smallest absolute Gasteiger partial charge is 0.0792 e. The van der Waals surface area contributed by atoms with E-state index < -0.39 is 0 Å². The molecule has 144 valence electrons. The maximum Gasteiger partial charge on any atom is 0.0792 e. The van der Waals surface area contributed by atoms with Crippen molar-refractivity contribution in [1.82, 2.24) is 14.8 Å². The van der Waals surface area contributed by atoms with Gasteiger partial charge in [-0.2, -0.15) is 0 Å². The minimum Gasteiger partial charge on any atom is -0.308 e. The lowest BCUT2D eigenvalue weighted by atomic mass is 9.82. The molecule has 0 bridgehead atoms. The predicted molar refractivity (Wildman–Crippen MR) is 113 cm³/mol. The van der Waals surface area contributed by atoms with Gasteiger partial charge in [0.15, 0.2) is 0 Å². The number of likely N-dealkylation sites (tertiary alicyclic amines) is 2. The molecule has 0 amide bonds. The number of piperidine rings is 2. The molecule has 2 atom stereocenters. The quantitative estimate of drug-likeness (QED) is 0.834. The van der Waals surface area contributed by atoms with E-state index in [4.69, 9.17) is 5.41 Å². The van der Waals surface area contributed by atoms with Crippen LogP contribution in [0.4, 0.5) is 0 Å². The lowest BCUT2D eigenvalue weighted by molar-refractivity contribution is 0.114. The van der Waals surface area contributed by atoms with Crippen LogP contribution in [0.3, 0.4) is 0 Å². The van der Waals surface area contributed by atoms with E-state index >= 15 is 0 Å². The predicted octanol–water partition coefficient (Wildman–Crippen LogP) is 4.00. The Labute approximate surface area is 163 Å². The van der Waals surface area contributed by atoms with Gasteiger partial charge in [-0.05, 0) is 68.8 Å². The fourth-order valence-corrected chi connectivity index (χ4v) is 5.13. The number of fused-ring (bicyclic) bond motifs is 1. The zero-order chi connectivity index (χ0) is 18.8. The Morgan fingerprint density at radius 2 is 2.00 bits per heavy atom. The minimum absolute atomic E-state index is 0.562. The largest absolute Gasteiger partial charge is 0.308 e. The third-order valence-corrected chi connectivity index (χ3v) is 6.52. The summed E-state index contributed by atoms with van der Waals surface area (Å²) >= 11 is 0. The molecule has 2 aromatic rings. The molecule has 4 nitrogen and oxygen atoms in total. The van der Waals surface area contributed by atoms with Crippen LogP contribution >= 0.6 is 0 Å². The zero-order valence-electron chi connectivity index (χ0n) is 16.7. The van der Waals surface area contributed by atoms with E-state index in [1.54, 1.807) is 0 Å². The van der Waals surface area contributed by atoms with Crippen molar-refractivity contribution in [3.05, 3.63) is 41.6 Å². The van der Waals surface area contributed by atoms with Crippen molar-refractivity contribution in [2.75, 3.05) is 39.8 Å². The van der Waals surface area contributed by atoms with Gasteiger partial charge < -0.3 is 15.2 Å². The molecule has 0 spiro atoms. The molecule has 1 aromatic carbocycles. The number of aromatic nitrogens is 1. The summed E-state index contributed by atoms with van der Waals surface area (Å²) in [5.74, 6) is 2.14. The van der Waals surface area contributed by atoms with Crippen molar-refractivity contribution in [3.8, 4) is 0 Å². The van der Waals surface area contributed by atoms with Crippen molar-refractivity contribution in [2.24, 2.45) is 11.8 Å². The Morgan fingerprint density at radius 1 is 1.19 bits per heavy atom. The third-order valence-electron chi connectivity index (χ3n) is 6.52. The van der Waals surface area contributed by atoms with Crippen molar-refractivity contribution in [1.29, 1.82) is 5.41 Å². The molecule has 2 saturated heterocycles. The molecular weight excluding hydrogens is 332 g/mol. The number of rotatable bonds is 4. The maximum absolute atomic E-state index is 7.69. The number of hydrogen-bond acceptors (Lipinski definition) is 4.